The summed E-state index contributed by atoms with van der Waals surface area (Å²) in [6.07, 6.45) is 3.89. The molecule has 9 nitrogen and oxygen atoms in total. The minimum atomic E-state index is -0.530. The number of aryl methyl sites for hydroxylation is 1. The first-order chi connectivity index (χ1) is 12.5. The lowest BCUT2D eigenvalue weighted by molar-refractivity contribution is -0.385. The zero-order chi connectivity index (χ0) is 18.9. The van der Waals surface area contributed by atoms with Crippen molar-refractivity contribution in [3.63, 3.8) is 0 Å². The molecule has 0 aliphatic heterocycles. The monoisotopic (exact) mass is 359 g/mol. The van der Waals surface area contributed by atoms with Crippen LogP contribution in [0.2, 0.25) is 0 Å². The molecule has 0 unspecified atom stereocenters. The summed E-state index contributed by atoms with van der Waals surface area (Å²) < 4.78 is 1.37. The average molecular weight is 359 g/mol. The van der Waals surface area contributed by atoms with Crippen molar-refractivity contribution in [2.75, 3.05) is 5.32 Å². The smallest absolute Gasteiger partial charge is 0.306 e. The highest BCUT2D eigenvalue weighted by Gasteiger charge is 2.10. The summed E-state index contributed by atoms with van der Waals surface area (Å²) in [6.45, 7) is 2.57. The van der Waals surface area contributed by atoms with Crippen LogP contribution in [0.25, 0.3) is 0 Å². The van der Waals surface area contributed by atoms with E-state index in [2.05, 4.69) is 15.7 Å². The maximum absolute atomic E-state index is 11.9. The maximum atomic E-state index is 11.9. The predicted molar refractivity (Wildman–Crippen MR) is 95.3 cm³/mol. The van der Waals surface area contributed by atoms with E-state index in [1.165, 1.54) is 10.9 Å². The molecule has 1 aromatic carbocycles. The number of carbonyl (C=O) groups excluding carboxylic acids is 2. The summed E-state index contributed by atoms with van der Waals surface area (Å²) >= 11 is 0. The van der Waals surface area contributed by atoms with E-state index < -0.39 is 4.92 Å². The molecule has 0 spiro atoms. The third-order valence-corrected chi connectivity index (χ3v) is 3.60. The number of nitro groups is 1. The van der Waals surface area contributed by atoms with Crippen LogP contribution in [0.5, 0.6) is 0 Å². The summed E-state index contributed by atoms with van der Waals surface area (Å²) in [5.41, 5.74) is 1.52. The van der Waals surface area contributed by atoms with Crippen molar-refractivity contribution >= 4 is 23.2 Å². The van der Waals surface area contributed by atoms with Crippen LogP contribution < -0.4 is 10.6 Å². The zero-order valence-corrected chi connectivity index (χ0v) is 14.5. The predicted octanol–water partition coefficient (Wildman–Crippen LogP) is 2.24. The molecular formula is C17H21N5O4. The van der Waals surface area contributed by atoms with Crippen molar-refractivity contribution in [2.24, 2.45) is 0 Å². The molecule has 0 atom stereocenters. The molecule has 2 aromatic rings. The van der Waals surface area contributed by atoms with Gasteiger partial charge < -0.3 is 10.6 Å². The Hall–Kier alpha value is -3.23. The van der Waals surface area contributed by atoms with Gasteiger partial charge in [0, 0.05) is 31.6 Å². The summed E-state index contributed by atoms with van der Waals surface area (Å²) in [4.78, 5) is 33.4. The number of rotatable bonds is 9. The molecule has 2 rings (SSSR count). The second-order valence-electron chi connectivity index (χ2n) is 5.74. The van der Waals surface area contributed by atoms with Crippen LogP contribution >= 0.6 is 0 Å². The van der Waals surface area contributed by atoms with Gasteiger partial charge in [0.2, 0.25) is 11.8 Å². The van der Waals surface area contributed by atoms with Gasteiger partial charge in [0.25, 0.3) is 0 Å². The summed E-state index contributed by atoms with van der Waals surface area (Å²) in [6, 6.07) is 7.24. The summed E-state index contributed by atoms with van der Waals surface area (Å²) in [7, 11) is 0. The van der Waals surface area contributed by atoms with Crippen molar-refractivity contribution in [3.8, 4) is 0 Å². The number of aromatic nitrogens is 2. The first-order valence-electron chi connectivity index (χ1n) is 8.30. The van der Waals surface area contributed by atoms with E-state index in [1.54, 1.807) is 12.1 Å². The van der Waals surface area contributed by atoms with Crippen molar-refractivity contribution < 1.29 is 14.5 Å². The molecule has 2 amide bonds. The highest BCUT2D eigenvalue weighted by Crippen LogP contribution is 2.11. The summed E-state index contributed by atoms with van der Waals surface area (Å²) in [5, 5.41) is 20.0. The van der Waals surface area contributed by atoms with Gasteiger partial charge in [0.1, 0.15) is 12.4 Å². The van der Waals surface area contributed by atoms with Crippen LogP contribution in [0.4, 0.5) is 11.4 Å². The molecule has 138 valence electrons. The standard InChI is InChI=1S/C17H21N5O4/c1-2-3-17(24)20-14-6-4-13(5-7-14)10-18-16(23)8-9-21-12-15(11-19-21)22(25)26/h4-7,11-12H,2-3,8-10H2,1H3,(H,18,23)(H,20,24). The number of nitrogens with zero attached hydrogens (tertiary/aromatic N) is 3. The highest BCUT2D eigenvalue weighted by atomic mass is 16.6. The van der Waals surface area contributed by atoms with Gasteiger partial charge >= 0.3 is 5.69 Å². The minimum Gasteiger partial charge on any atom is -0.352 e. The number of benzene rings is 1. The van der Waals surface area contributed by atoms with Gasteiger partial charge in [-0.05, 0) is 24.1 Å². The van der Waals surface area contributed by atoms with Crippen molar-refractivity contribution in [2.45, 2.75) is 39.3 Å². The maximum Gasteiger partial charge on any atom is 0.306 e. The highest BCUT2D eigenvalue weighted by molar-refractivity contribution is 5.90. The Labute approximate surface area is 150 Å². The third-order valence-electron chi connectivity index (χ3n) is 3.60. The second-order valence-corrected chi connectivity index (χ2v) is 5.74. The first kappa shape index (κ1) is 19.1. The fourth-order valence-electron chi connectivity index (χ4n) is 2.23. The number of anilines is 1. The minimum absolute atomic E-state index is 0.0209. The van der Waals surface area contributed by atoms with Gasteiger partial charge in [-0.15, -0.1) is 0 Å². The molecule has 0 radical (unpaired) electrons. The molecule has 0 saturated carbocycles. The normalized spacial score (nSPS) is 10.3. The van der Waals surface area contributed by atoms with Gasteiger partial charge in [-0.3, -0.25) is 24.4 Å². The Balaban J connectivity index is 1.74. The van der Waals surface area contributed by atoms with E-state index >= 15 is 0 Å². The van der Waals surface area contributed by atoms with Gasteiger partial charge in [-0.25, -0.2) is 0 Å². The molecule has 0 aliphatic rings. The van der Waals surface area contributed by atoms with Gasteiger partial charge in [-0.1, -0.05) is 19.1 Å². The number of nitrogens with one attached hydrogen (secondary N) is 2. The van der Waals surface area contributed by atoms with E-state index in [-0.39, 0.29) is 30.5 Å². The second kappa shape index (κ2) is 9.30. The van der Waals surface area contributed by atoms with Gasteiger partial charge in [0.05, 0.1) is 4.92 Å². The topological polar surface area (TPSA) is 119 Å². The molecular weight excluding hydrogens is 338 g/mol. The van der Waals surface area contributed by atoms with Crippen molar-refractivity contribution in [3.05, 3.63) is 52.3 Å². The van der Waals surface area contributed by atoms with Crippen molar-refractivity contribution in [1.82, 2.24) is 15.1 Å². The Morgan fingerprint density at radius 3 is 2.54 bits per heavy atom. The Kier molecular flexibility index (Phi) is 6.84. The molecule has 1 aromatic heterocycles. The Bertz CT molecular complexity index is 770. The average Bonchev–Trinajstić information content (AvgIpc) is 3.09. The van der Waals surface area contributed by atoms with Crippen LogP contribution in [0, 0.1) is 10.1 Å². The lowest BCUT2D eigenvalue weighted by Crippen LogP contribution is -2.24. The fourth-order valence-corrected chi connectivity index (χ4v) is 2.23. The van der Waals surface area contributed by atoms with Crippen LogP contribution in [0.3, 0.4) is 0 Å². The Morgan fingerprint density at radius 1 is 1.19 bits per heavy atom. The zero-order valence-electron chi connectivity index (χ0n) is 14.5. The largest absolute Gasteiger partial charge is 0.352 e. The van der Waals surface area contributed by atoms with Crippen molar-refractivity contribution in [1.29, 1.82) is 0 Å². The SMILES string of the molecule is CCCC(=O)Nc1ccc(CNC(=O)CCn2cc([N+](=O)[O-])cn2)cc1. The van der Waals surface area contributed by atoms with Gasteiger partial charge in [-0.2, -0.15) is 5.10 Å². The van der Waals surface area contributed by atoms with E-state index in [0.717, 1.165) is 23.9 Å². The molecule has 0 saturated heterocycles. The summed E-state index contributed by atoms with van der Waals surface area (Å²) in [5.74, 6) is -0.198. The molecule has 0 fully saturated rings. The Morgan fingerprint density at radius 2 is 1.92 bits per heavy atom. The lowest BCUT2D eigenvalue weighted by atomic mass is 10.2. The molecule has 2 N–H and O–H groups in total. The van der Waals surface area contributed by atoms with E-state index in [1.807, 2.05) is 19.1 Å². The molecule has 1 heterocycles. The first-order valence-corrected chi connectivity index (χ1v) is 8.30. The van der Waals surface area contributed by atoms with Crippen LogP contribution in [-0.2, 0) is 22.7 Å². The van der Waals surface area contributed by atoms with E-state index in [0.29, 0.717) is 13.0 Å². The number of amides is 2. The van der Waals surface area contributed by atoms with E-state index in [4.69, 9.17) is 0 Å². The van der Waals surface area contributed by atoms with Crippen LogP contribution in [0.15, 0.2) is 36.7 Å². The fraction of sp³-hybridized carbons (Fsp3) is 0.353. The molecule has 26 heavy (non-hydrogen) atoms. The molecule has 0 aliphatic carbocycles. The van der Waals surface area contributed by atoms with Crippen LogP contribution in [0.1, 0.15) is 31.7 Å². The quantitative estimate of drug-likeness (QED) is 0.525. The molecule has 9 heteroatoms. The lowest BCUT2D eigenvalue weighted by Gasteiger charge is -2.08. The third kappa shape index (κ3) is 6.00. The van der Waals surface area contributed by atoms with Crippen LogP contribution in [-0.4, -0.2) is 26.5 Å². The number of hydrogen-bond donors (Lipinski definition) is 2. The number of carbonyl (C=O) groups is 2. The van der Waals surface area contributed by atoms with Gasteiger partial charge in [0.15, 0.2) is 0 Å². The number of hydrogen-bond acceptors (Lipinski definition) is 5. The molecule has 0 bridgehead atoms. The van der Waals surface area contributed by atoms with E-state index in [9.17, 15) is 19.7 Å².